The Labute approximate surface area is 207 Å². The molecule has 1 aliphatic rings. The van der Waals surface area contributed by atoms with Gasteiger partial charge in [0.1, 0.15) is 10.6 Å². The van der Waals surface area contributed by atoms with E-state index in [4.69, 9.17) is 9.72 Å². The smallest absolute Gasteiger partial charge is 0.262 e. The van der Waals surface area contributed by atoms with Crippen LogP contribution in [0.15, 0.2) is 72.0 Å². The lowest BCUT2D eigenvalue weighted by Crippen LogP contribution is -2.33. The van der Waals surface area contributed by atoms with Gasteiger partial charge in [0.05, 0.1) is 25.4 Å². The van der Waals surface area contributed by atoms with Gasteiger partial charge in [-0.1, -0.05) is 30.3 Å². The van der Waals surface area contributed by atoms with Gasteiger partial charge >= 0.3 is 0 Å². The number of hydrogen-bond acceptors (Lipinski definition) is 6. The molecule has 0 radical (unpaired) electrons. The summed E-state index contributed by atoms with van der Waals surface area (Å²) in [5, 5.41) is 6.68. The fourth-order valence-electron chi connectivity index (χ4n) is 5.09. The summed E-state index contributed by atoms with van der Waals surface area (Å²) in [4.78, 5) is 24.6. The second kappa shape index (κ2) is 9.24. The van der Waals surface area contributed by atoms with Crippen molar-refractivity contribution in [1.82, 2.24) is 19.9 Å². The van der Waals surface area contributed by atoms with Crippen molar-refractivity contribution < 1.29 is 4.74 Å². The highest BCUT2D eigenvalue weighted by atomic mass is 32.1. The van der Waals surface area contributed by atoms with Crippen LogP contribution in [0.4, 0.5) is 0 Å². The number of benzene rings is 2. The third-order valence-corrected chi connectivity index (χ3v) is 8.09. The predicted octanol–water partition coefficient (Wildman–Crippen LogP) is 4.71. The first-order chi connectivity index (χ1) is 17.2. The Morgan fingerprint density at radius 3 is 2.86 bits per heavy atom. The molecule has 0 fully saturated rings. The molecule has 6 nitrogen and oxygen atoms in total. The van der Waals surface area contributed by atoms with Crippen LogP contribution in [-0.4, -0.2) is 27.7 Å². The van der Waals surface area contributed by atoms with Crippen LogP contribution >= 0.6 is 11.3 Å². The SMILES string of the molecule is COc1ccc2ccccc2c1Cn1cnc2sc3c(c2c1=O)CCC(NCc1ccncc1)C3. The number of hydrogen-bond donors (Lipinski definition) is 1. The minimum atomic E-state index is 0.0330. The van der Waals surface area contributed by atoms with Crippen molar-refractivity contribution in [1.29, 1.82) is 0 Å². The lowest BCUT2D eigenvalue weighted by molar-refractivity contribution is 0.409. The Bertz CT molecular complexity index is 1580. The van der Waals surface area contributed by atoms with Crippen molar-refractivity contribution in [3.8, 4) is 5.75 Å². The van der Waals surface area contributed by atoms with Gasteiger partial charge in [-0.05, 0) is 59.4 Å². The first-order valence-electron chi connectivity index (χ1n) is 11.9. The first kappa shape index (κ1) is 21.9. The Morgan fingerprint density at radius 2 is 2.00 bits per heavy atom. The van der Waals surface area contributed by atoms with Crippen molar-refractivity contribution in [2.45, 2.75) is 38.4 Å². The van der Waals surface area contributed by atoms with Gasteiger partial charge in [-0.15, -0.1) is 11.3 Å². The molecule has 176 valence electrons. The zero-order chi connectivity index (χ0) is 23.8. The number of nitrogens with zero attached hydrogens (tertiary/aromatic N) is 3. The molecule has 0 amide bonds. The van der Waals surface area contributed by atoms with E-state index in [9.17, 15) is 4.79 Å². The summed E-state index contributed by atoms with van der Waals surface area (Å²) in [6.45, 7) is 1.25. The van der Waals surface area contributed by atoms with Crippen LogP contribution in [0, 0.1) is 0 Å². The maximum absolute atomic E-state index is 13.7. The van der Waals surface area contributed by atoms with Gasteiger partial charge in [0.15, 0.2) is 0 Å². The number of methoxy groups -OCH3 is 1. The molecule has 35 heavy (non-hydrogen) atoms. The van der Waals surface area contributed by atoms with Gasteiger partial charge in [-0.25, -0.2) is 4.98 Å². The fraction of sp³-hybridized carbons (Fsp3) is 0.250. The molecular formula is C28H26N4O2S. The third-order valence-electron chi connectivity index (χ3n) is 6.93. The molecule has 1 unspecified atom stereocenters. The highest BCUT2D eigenvalue weighted by Gasteiger charge is 2.25. The number of nitrogens with one attached hydrogen (secondary N) is 1. The van der Waals surface area contributed by atoms with E-state index in [0.29, 0.717) is 12.6 Å². The molecule has 6 rings (SSSR count). The number of fused-ring (bicyclic) bond motifs is 4. The monoisotopic (exact) mass is 482 g/mol. The van der Waals surface area contributed by atoms with E-state index in [1.807, 2.05) is 42.7 Å². The standard InChI is InChI=1S/C28H26N4O2S/c1-34-24-9-6-19-4-2-3-5-21(19)23(24)16-32-17-31-27-26(28(32)33)22-8-7-20(14-25(22)35-27)30-15-18-10-12-29-13-11-18/h2-6,9-13,17,20,30H,7-8,14-16H2,1H3. The van der Waals surface area contributed by atoms with Crippen LogP contribution < -0.4 is 15.6 Å². The molecule has 0 aliphatic heterocycles. The molecule has 2 aromatic carbocycles. The molecule has 0 saturated heterocycles. The lowest BCUT2D eigenvalue weighted by Gasteiger charge is -2.23. The molecule has 0 bridgehead atoms. The van der Waals surface area contributed by atoms with E-state index in [1.54, 1.807) is 29.3 Å². The normalized spacial score (nSPS) is 15.4. The summed E-state index contributed by atoms with van der Waals surface area (Å²) >= 11 is 1.67. The summed E-state index contributed by atoms with van der Waals surface area (Å²) in [6, 6.07) is 16.7. The number of ether oxygens (including phenoxy) is 1. The average molecular weight is 483 g/mol. The largest absolute Gasteiger partial charge is 0.496 e. The summed E-state index contributed by atoms with van der Waals surface area (Å²) in [6.07, 6.45) is 8.17. The van der Waals surface area contributed by atoms with Crippen molar-refractivity contribution in [2.24, 2.45) is 0 Å². The zero-order valence-corrected chi connectivity index (χ0v) is 20.3. The van der Waals surface area contributed by atoms with Crippen LogP contribution in [0.5, 0.6) is 5.75 Å². The van der Waals surface area contributed by atoms with Gasteiger partial charge in [0.25, 0.3) is 5.56 Å². The zero-order valence-electron chi connectivity index (χ0n) is 19.5. The van der Waals surface area contributed by atoms with Crippen molar-refractivity contribution in [3.63, 3.8) is 0 Å². The quantitative estimate of drug-likeness (QED) is 0.380. The van der Waals surface area contributed by atoms with Gasteiger partial charge in [-0.3, -0.25) is 14.3 Å². The highest BCUT2D eigenvalue weighted by Crippen LogP contribution is 2.34. The van der Waals surface area contributed by atoms with Crippen LogP contribution in [0.3, 0.4) is 0 Å². The van der Waals surface area contributed by atoms with Gasteiger partial charge in [0.2, 0.25) is 0 Å². The molecule has 0 saturated carbocycles. The predicted molar refractivity (Wildman–Crippen MR) is 140 cm³/mol. The lowest BCUT2D eigenvalue weighted by atomic mass is 9.93. The average Bonchev–Trinajstić information content (AvgIpc) is 3.28. The van der Waals surface area contributed by atoms with Crippen molar-refractivity contribution >= 4 is 32.3 Å². The van der Waals surface area contributed by atoms with Crippen molar-refractivity contribution in [2.75, 3.05) is 7.11 Å². The van der Waals surface area contributed by atoms with Crippen molar-refractivity contribution in [3.05, 3.63) is 99.2 Å². The third kappa shape index (κ3) is 4.11. The summed E-state index contributed by atoms with van der Waals surface area (Å²) in [5.74, 6) is 0.783. The topological polar surface area (TPSA) is 69.0 Å². The number of thiophene rings is 1. The van der Waals surface area contributed by atoms with Crippen LogP contribution in [0.1, 0.15) is 28.0 Å². The van der Waals surface area contributed by atoms with E-state index in [-0.39, 0.29) is 5.56 Å². The fourth-order valence-corrected chi connectivity index (χ4v) is 6.35. The van der Waals surface area contributed by atoms with Crippen LogP contribution in [0.25, 0.3) is 21.0 Å². The molecule has 3 aromatic heterocycles. The Balaban J connectivity index is 1.31. The molecule has 1 atom stereocenters. The highest BCUT2D eigenvalue weighted by molar-refractivity contribution is 7.18. The second-order valence-corrected chi connectivity index (χ2v) is 10.1. The van der Waals surface area contributed by atoms with E-state index in [1.165, 1.54) is 16.0 Å². The minimum Gasteiger partial charge on any atom is -0.496 e. The Hall–Kier alpha value is -3.55. The minimum absolute atomic E-state index is 0.0330. The maximum Gasteiger partial charge on any atom is 0.262 e. The van der Waals surface area contributed by atoms with E-state index in [0.717, 1.165) is 58.1 Å². The first-order valence-corrected chi connectivity index (χ1v) is 12.7. The molecular weight excluding hydrogens is 456 g/mol. The van der Waals surface area contributed by atoms with Gasteiger partial charge in [0, 0.05) is 35.4 Å². The number of pyridine rings is 1. The molecule has 0 spiro atoms. The Morgan fingerprint density at radius 1 is 1.14 bits per heavy atom. The summed E-state index contributed by atoms with van der Waals surface area (Å²) in [5.41, 5.74) is 3.45. The van der Waals surface area contributed by atoms with Gasteiger partial charge in [-0.2, -0.15) is 0 Å². The molecule has 3 heterocycles. The van der Waals surface area contributed by atoms with E-state index >= 15 is 0 Å². The van der Waals surface area contributed by atoms with E-state index in [2.05, 4.69) is 28.5 Å². The van der Waals surface area contributed by atoms with Crippen LogP contribution in [-0.2, 0) is 25.9 Å². The molecule has 1 aliphatic carbocycles. The molecule has 5 aromatic rings. The molecule has 7 heteroatoms. The summed E-state index contributed by atoms with van der Waals surface area (Å²) < 4.78 is 7.38. The maximum atomic E-state index is 13.7. The number of aryl methyl sites for hydroxylation is 1. The molecule has 1 N–H and O–H groups in total. The Kier molecular flexibility index (Phi) is 5.80. The summed E-state index contributed by atoms with van der Waals surface area (Å²) in [7, 11) is 1.67. The number of rotatable bonds is 6. The van der Waals surface area contributed by atoms with Gasteiger partial charge < -0.3 is 10.1 Å². The van der Waals surface area contributed by atoms with E-state index < -0.39 is 0 Å². The number of aromatic nitrogens is 3. The van der Waals surface area contributed by atoms with Crippen LogP contribution in [0.2, 0.25) is 0 Å². The second-order valence-electron chi connectivity index (χ2n) is 9.01.